The molecule has 0 saturated heterocycles. The second-order valence-corrected chi connectivity index (χ2v) is 7.67. The molecular formula is C14H25N3O2S. The molecule has 1 aliphatic rings. The molecule has 1 aromatic rings. The maximum atomic E-state index is 12.6. The van der Waals surface area contributed by atoms with Gasteiger partial charge in [0.25, 0.3) is 0 Å². The van der Waals surface area contributed by atoms with E-state index in [0.29, 0.717) is 17.5 Å². The zero-order chi connectivity index (χ0) is 14.9. The molecule has 1 aliphatic carbocycles. The fourth-order valence-corrected chi connectivity index (χ4v) is 3.94. The first-order chi connectivity index (χ1) is 9.41. The van der Waals surface area contributed by atoms with Crippen LogP contribution in [-0.2, 0) is 16.6 Å². The van der Waals surface area contributed by atoms with Crippen LogP contribution in [0.2, 0.25) is 0 Å². The van der Waals surface area contributed by atoms with Crippen molar-refractivity contribution in [2.45, 2.75) is 63.1 Å². The maximum absolute atomic E-state index is 12.6. The van der Waals surface area contributed by atoms with Crippen LogP contribution in [-0.4, -0.2) is 30.4 Å². The Balaban J connectivity index is 2.29. The van der Waals surface area contributed by atoms with Crippen molar-refractivity contribution in [2.75, 3.05) is 7.05 Å². The van der Waals surface area contributed by atoms with E-state index in [4.69, 9.17) is 5.73 Å². The van der Waals surface area contributed by atoms with Gasteiger partial charge in [-0.05, 0) is 32.3 Å². The highest BCUT2D eigenvalue weighted by atomic mass is 32.2. The third-order valence-electron chi connectivity index (χ3n) is 4.06. The quantitative estimate of drug-likeness (QED) is 0.838. The highest BCUT2D eigenvalue weighted by Crippen LogP contribution is 2.37. The van der Waals surface area contributed by atoms with Crippen molar-refractivity contribution in [1.82, 2.24) is 8.87 Å². The Kier molecular flexibility index (Phi) is 4.56. The first-order valence-corrected chi connectivity index (χ1v) is 8.74. The van der Waals surface area contributed by atoms with Crippen LogP contribution in [0.3, 0.4) is 0 Å². The van der Waals surface area contributed by atoms with Gasteiger partial charge < -0.3 is 10.3 Å². The van der Waals surface area contributed by atoms with Gasteiger partial charge in [-0.3, -0.25) is 0 Å². The molecule has 6 heteroatoms. The molecule has 0 amide bonds. The Morgan fingerprint density at radius 2 is 2.15 bits per heavy atom. The van der Waals surface area contributed by atoms with Crippen molar-refractivity contribution in [3.63, 3.8) is 0 Å². The van der Waals surface area contributed by atoms with Crippen LogP contribution in [0.15, 0.2) is 17.2 Å². The molecule has 1 aromatic heterocycles. The second-order valence-electron chi connectivity index (χ2n) is 5.67. The average Bonchev–Trinajstić information content (AvgIpc) is 3.16. The normalized spacial score (nSPS) is 17.6. The predicted molar refractivity (Wildman–Crippen MR) is 79.9 cm³/mol. The van der Waals surface area contributed by atoms with Gasteiger partial charge in [-0.25, -0.2) is 8.42 Å². The minimum Gasteiger partial charge on any atom is -0.346 e. The predicted octanol–water partition coefficient (Wildman–Crippen LogP) is 2.09. The van der Waals surface area contributed by atoms with Crippen LogP contribution in [0.25, 0.3) is 0 Å². The van der Waals surface area contributed by atoms with Gasteiger partial charge in [-0.1, -0.05) is 13.3 Å². The van der Waals surface area contributed by atoms with Crippen molar-refractivity contribution < 1.29 is 8.42 Å². The van der Waals surface area contributed by atoms with E-state index in [1.54, 1.807) is 19.3 Å². The van der Waals surface area contributed by atoms with Crippen molar-refractivity contribution in [2.24, 2.45) is 5.73 Å². The van der Waals surface area contributed by atoms with Crippen LogP contribution < -0.4 is 5.73 Å². The highest BCUT2D eigenvalue weighted by molar-refractivity contribution is 7.89. The highest BCUT2D eigenvalue weighted by Gasteiger charge is 2.30. The number of nitrogens with two attached hydrogens (primary N) is 1. The first kappa shape index (κ1) is 15.5. The zero-order valence-corrected chi connectivity index (χ0v) is 13.4. The van der Waals surface area contributed by atoms with Crippen molar-refractivity contribution >= 4 is 10.0 Å². The molecule has 0 aliphatic heterocycles. The summed E-state index contributed by atoms with van der Waals surface area (Å²) < 4.78 is 28.8. The molecule has 1 fully saturated rings. The van der Waals surface area contributed by atoms with Crippen molar-refractivity contribution in [3.8, 4) is 0 Å². The lowest BCUT2D eigenvalue weighted by Gasteiger charge is -2.23. The summed E-state index contributed by atoms with van der Waals surface area (Å²) in [6.07, 6.45) is 5.82. The van der Waals surface area contributed by atoms with E-state index >= 15 is 0 Å². The molecule has 2 rings (SSSR count). The minimum absolute atomic E-state index is 0.00982. The minimum atomic E-state index is -3.42. The number of hydrogen-bond donors (Lipinski definition) is 1. The monoisotopic (exact) mass is 299 g/mol. The van der Waals surface area contributed by atoms with Gasteiger partial charge in [0.1, 0.15) is 4.90 Å². The Bertz CT molecular complexity index is 561. The molecule has 0 bridgehead atoms. The largest absolute Gasteiger partial charge is 0.346 e. The van der Waals surface area contributed by atoms with Crippen molar-refractivity contribution in [3.05, 3.63) is 18.0 Å². The van der Waals surface area contributed by atoms with Gasteiger partial charge in [0, 0.05) is 37.6 Å². The van der Waals surface area contributed by atoms with Crippen LogP contribution in [0.5, 0.6) is 0 Å². The van der Waals surface area contributed by atoms with E-state index in [2.05, 4.69) is 6.92 Å². The summed E-state index contributed by atoms with van der Waals surface area (Å²) in [4.78, 5) is 0.371. The average molecular weight is 299 g/mol. The molecule has 20 heavy (non-hydrogen) atoms. The summed E-state index contributed by atoms with van der Waals surface area (Å²) in [5.41, 5.74) is 6.63. The topological polar surface area (TPSA) is 68.3 Å². The SMILES string of the molecule is CCCC(C)N(C)S(=O)(=O)c1cc(CN)n(C2CC2)c1. The van der Waals surface area contributed by atoms with Crippen LogP contribution >= 0.6 is 0 Å². The van der Waals surface area contributed by atoms with Gasteiger partial charge in [-0.2, -0.15) is 4.31 Å². The summed E-state index contributed by atoms with van der Waals surface area (Å²) in [5, 5.41) is 0. The van der Waals surface area contributed by atoms with Gasteiger partial charge in [0.2, 0.25) is 10.0 Å². The fraction of sp³-hybridized carbons (Fsp3) is 0.714. The lowest BCUT2D eigenvalue weighted by atomic mass is 10.2. The Hall–Kier alpha value is -0.850. The third kappa shape index (κ3) is 2.92. The Labute approximate surface area is 121 Å². The van der Waals surface area contributed by atoms with E-state index in [1.807, 2.05) is 11.5 Å². The van der Waals surface area contributed by atoms with Crippen LogP contribution in [0, 0.1) is 0 Å². The number of nitrogens with zero attached hydrogens (tertiary/aromatic N) is 2. The molecule has 1 heterocycles. The Morgan fingerprint density at radius 1 is 1.50 bits per heavy atom. The molecule has 1 atom stereocenters. The van der Waals surface area contributed by atoms with E-state index in [0.717, 1.165) is 31.4 Å². The molecule has 0 spiro atoms. The summed E-state index contributed by atoms with van der Waals surface area (Å²) >= 11 is 0. The molecule has 1 unspecified atom stereocenters. The Morgan fingerprint density at radius 3 is 2.65 bits per heavy atom. The van der Waals surface area contributed by atoms with E-state index < -0.39 is 10.0 Å². The molecule has 1 saturated carbocycles. The number of hydrogen-bond acceptors (Lipinski definition) is 3. The fourth-order valence-electron chi connectivity index (χ4n) is 2.50. The van der Waals surface area contributed by atoms with E-state index in [1.165, 1.54) is 4.31 Å². The number of aromatic nitrogens is 1. The summed E-state index contributed by atoms with van der Waals surface area (Å²) in [7, 11) is -1.76. The van der Waals surface area contributed by atoms with Crippen LogP contribution in [0.4, 0.5) is 0 Å². The molecule has 0 radical (unpaired) electrons. The van der Waals surface area contributed by atoms with Crippen molar-refractivity contribution in [1.29, 1.82) is 0 Å². The number of sulfonamides is 1. The summed E-state index contributed by atoms with van der Waals surface area (Å²) in [6.45, 7) is 4.38. The number of rotatable bonds is 7. The standard InChI is InChI=1S/C14H25N3O2S/c1-4-5-11(2)16(3)20(18,19)14-8-13(9-15)17(10-14)12-6-7-12/h8,10-12H,4-7,9,15H2,1-3H3. The summed E-state index contributed by atoms with van der Waals surface area (Å²) in [5.74, 6) is 0. The second kappa shape index (κ2) is 5.87. The van der Waals surface area contributed by atoms with Gasteiger partial charge in [0.05, 0.1) is 0 Å². The third-order valence-corrected chi connectivity index (χ3v) is 6.00. The smallest absolute Gasteiger partial charge is 0.244 e. The lowest BCUT2D eigenvalue weighted by Crippen LogP contribution is -2.34. The first-order valence-electron chi connectivity index (χ1n) is 7.30. The zero-order valence-electron chi connectivity index (χ0n) is 12.5. The lowest BCUT2D eigenvalue weighted by molar-refractivity contribution is 0.368. The summed E-state index contributed by atoms with van der Waals surface area (Å²) in [6, 6.07) is 2.18. The molecule has 0 aromatic carbocycles. The van der Waals surface area contributed by atoms with Crippen LogP contribution in [0.1, 0.15) is 51.3 Å². The van der Waals surface area contributed by atoms with Gasteiger partial charge in [-0.15, -0.1) is 0 Å². The van der Waals surface area contributed by atoms with Gasteiger partial charge in [0.15, 0.2) is 0 Å². The molecule has 114 valence electrons. The molecule has 5 nitrogen and oxygen atoms in total. The molecule has 2 N–H and O–H groups in total. The van der Waals surface area contributed by atoms with E-state index in [-0.39, 0.29) is 6.04 Å². The van der Waals surface area contributed by atoms with Gasteiger partial charge >= 0.3 is 0 Å². The van der Waals surface area contributed by atoms with E-state index in [9.17, 15) is 8.42 Å². The molecular weight excluding hydrogens is 274 g/mol. The maximum Gasteiger partial charge on any atom is 0.244 e.